The van der Waals surface area contributed by atoms with Gasteiger partial charge in [-0.2, -0.15) is 0 Å². The van der Waals surface area contributed by atoms with Crippen LogP contribution in [-0.2, 0) is 19.3 Å². The third-order valence-electron chi connectivity index (χ3n) is 4.10. The van der Waals surface area contributed by atoms with Gasteiger partial charge in [-0.15, -0.1) is 11.8 Å². The standard InChI is InChI=1S/C19H24N2OS/c1-2-15-3-6-17(21-12-15)9-10-22-18-7-4-16(5-8-18)11-19-13-20-14-23-19/h3-8,12,19-20H,2,9-11,13-14H2,1H3/t19-/m1/s1. The Bertz CT molecular complexity index is 592. The Morgan fingerprint density at radius 1 is 1.17 bits per heavy atom. The van der Waals surface area contributed by atoms with E-state index in [0.29, 0.717) is 11.9 Å². The molecule has 3 nitrogen and oxygen atoms in total. The minimum absolute atomic E-state index is 0.667. The summed E-state index contributed by atoms with van der Waals surface area (Å²) in [6.07, 6.45) is 4.97. The second kappa shape index (κ2) is 8.37. The monoisotopic (exact) mass is 328 g/mol. The Labute approximate surface area is 142 Å². The number of hydrogen-bond donors (Lipinski definition) is 1. The van der Waals surface area contributed by atoms with Crippen LogP contribution in [0.15, 0.2) is 42.6 Å². The van der Waals surface area contributed by atoms with Gasteiger partial charge in [0.1, 0.15) is 5.75 Å². The molecular weight excluding hydrogens is 304 g/mol. The van der Waals surface area contributed by atoms with E-state index in [1.807, 2.05) is 18.0 Å². The number of thioether (sulfide) groups is 1. The van der Waals surface area contributed by atoms with Crippen molar-refractivity contribution in [3.05, 3.63) is 59.4 Å². The summed E-state index contributed by atoms with van der Waals surface area (Å²) in [7, 11) is 0. The van der Waals surface area contributed by atoms with Gasteiger partial charge in [0, 0.05) is 36.0 Å². The summed E-state index contributed by atoms with van der Waals surface area (Å²) in [6, 6.07) is 12.8. The van der Waals surface area contributed by atoms with Crippen molar-refractivity contribution < 1.29 is 4.74 Å². The summed E-state index contributed by atoms with van der Waals surface area (Å²) in [4.78, 5) is 4.46. The van der Waals surface area contributed by atoms with E-state index >= 15 is 0 Å². The van der Waals surface area contributed by atoms with Gasteiger partial charge >= 0.3 is 0 Å². The molecule has 0 amide bonds. The van der Waals surface area contributed by atoms with Gasteiger partial charge in [0.15, 0.2) is 0 Å². The lowest BCUT2D eigenvalue weighted by atomic mass is 10.1. The van der Waals surface area contributed by atoms with Gasteiger partial charge in [0.2, 0.25) is 0 Å². The van der Waals surface area contributed by atoms with Crippen LogP contribution in [0.5, 0.6) is 5.75 Å². The van der Waals surface area contributed by atoms with Crippen LogP contribution in [0.1, 0.15) is 23.7 Å². The number of aryl methyl sites for hydroxylation is 1. The molecule has 1 fully saturated rings. The van der Waals surface area contributed by atoms with Crippen molar-refractivity contribution in [2.45, 2.75) is 31.4 Å². The fourth-order valence-electron chi connectivity index (χ4n) is 2.66. The number of nitrogens with one attached hydrogen (secondary N) is 1. The highest BCUT2D eigenvalue weighted by molar-refractivity contribution is 8.00. The molecule has 1 aromatic heterocycles. The maximum atomic E-state index is 5.83. The number of aromatic nitrogens is 1. The first kappa shape index (κ1) is 16.3. The molecule has 0 radical (unpaired) electrons. The molecule has 0 spiro atoms. The molecule has 1 saturated heterocycles. The highest BCUT2D eigenvalue weighted by atomic mass is 32.2. The second-order valence-electron chi connectivity index (χ2n) is 5.85. The quantitative estimate of drug-likeness (QED) is 0.844. The molecule has 2 heterocycles. The van der Waals surface area contributed by atoms with E-state index in [0.717, 1.165) is 43.1 Å². The normalized spacial score (nSPS) is 17.3. The number of ether oxygens (including phenoxy) is 1. The Kier molecular flexibility index (Phi) is 5.94. The Balaban J connectivity index is 1.44. The lowest BCUT2D eigenvalue weighted by molar-refractivity contribution is 0.320. The fraction of sp³-hybridized carbons (Fsp3) is 0.421. The van der Waals surface area contributed by atoms with Gasteiger partial charge in [-0.05, 0) is 42.2 Å². The van der Waals surface area contributed by atoms with Crippen LogP contribution in [-0.4, -0.2) is 29.3 Å². The van der Waals surface area contributed by atoms with E-state index < -0.39 is 0 Å². The third-order valence-corrected chi connectivity index (χ3v) is 5.28. The highest BCUT2D eigenvalue weighted by Crippen LogP contribution is 2.21. The average molecular weight is 328 g/mol. The third kappa shape index (κ3) is 4.98. The van der Waals surface area contributed by atoms with E-state index in [1.165, 1.54) is 11.1 Å². The van der Waals surface area contributed by atoms with Crippen molar-refractivity contribution >= 4 is 11.8 Å². The number of hydrogen-bond acceptors (Lipinski definition) is 4. The molecule has 0 bridgehead atoms. The zero-order valence-corrected chi connectivity index (χ0v) is 14.4. The maximum absolute atomic E-state index is 5.83. The molecule has 23 heavy (non-hydrogen) atoms. The SMILES string of the molecule is CCc1ccc(CCOc2ccc(C[C@@H]3CNCS3)cc2)nc1. The molecule has 1 N–H and O–H groups in total. The number of nitrogens with zero attached hydrogens (tertiary/aromatic N) is 1. The number of benzene rings is 1. The van der Waals surface area contributed by atoms with Gasteiger partial charge in [0.25, 0.3) is 0 Å². The second-order valence-corrected chi connectivity index (χ2v) is 7.13. The molecule has 122 valence electrons. The Morgan fingerprint density at radius 3 is 2.65 bits per heavy atom. The summed E-state index contributed by atoms with van der Waals surface area (Å²) < 4.78 is 5.83. The van der Waals surface area contributed by atoms with Crippen molar-refractivity contribution in [2.75, 3.05) is 19.0 Å². The summed E-state index contributed by atoms with van der Waals surface area (Å²) in [5.41, 5.74) is 3.75. The molecule has 1 atom stereocenters. The minimum atomic E-state index is 0.667. The minimum Gasteiger partial charge on any atom is -0.493 e. The maximum Gasteiger partial charge on any atom is 0.119 e. The summed E-state index contributed by atoms with van der Waals surface area (Å²) >= 11 is 2.01. The van der Waals surface area contributed by atoms with Crippen molar-refractivity contribution in [1.29, 1.82) is 0 Å². The van der Waals surface area contributed by atoms with Crippen molar-refractivity contribution in [3.63, 3.8) is 0 Å². The molecule has 1 aliphatic rings. The zero-order chi connectivity index (χ0) is 15.9. The van der Waals surface area contributed by atoms with Crippen LogP contribution in [0, 0.1) is 0 Å². The van der Waals surface area contributed by atoms with E-state index in [4.69, 9.17) is 4.74 Å². The predicted molar refractivity (Wildman–Crippen MR) is 97.2 cm³/mol. The van der Waals surface area contributed by atoms with Crippen molar-refractivity contribution in [1.82, 2.24) is 10.3 Å². The molecule has 0 unspecified atom stereocenters. The molecule has 3 rings (SSSR count). The topological polar surface area (TPSA) is 34.1 Å². The van der Waals surface area contributed by atoms with Crippen LogP contribution in [0.2, 0.25) is 0 Å². The first-order chi connectivity index (χ1) is 11.3. The molecule has 4 heteroatoms. The molecule has 2 aromatic rings. The van der Waals surface area contributed by atoms with Crippen LogP contribution < -0.4 is 10.1 Å². The van der Waals surface area contributed by atoms with Crippen LogP contribution in [0.25, 0.3) is 0 Å². The van der Waals surface area contributed by atoms with E-state index in [-0.39, 0.29) is 0 Å². The van der Waals surface area contributed by atoms with Gasteiger partial charge in [0.05, 0.1) is 6.61 Å². The van der Waals surface area contributed by atoms with Gasteiger partial charge in [-0.25, -0.2) is 0 Å². The highest BCUT2D eigenvalue weighted by Gasteiger charge is 2.15. The lowest BCUT2D eigenvalue weighted by Gasteiger charge is -2.10. The first-order valence-corrected chi connectivity index (χ1v) is 9.36. The Hall–Kier alpha value is -1.52. The molecular formula is C19H24N2OS. The zero-order valence-electron chi connectivity index (χ0n) is 13.6. The van der Waals surface area contributed by atoms with E-state index in [2.05, 4.69) is 53.6 Å². The number of pyridine rings is 1. The van der Waals surface area contributed by atoms with Crippen LogP contribution in [0.3, 0.4) is 0 Å². The average Bonchev–Trinajstić information content (AvgIpc) is 3.10. The van der Waals surface area contributed by atoms with E-state index in [9.17, 15) is 0 Å². The van der Waals surface area contributed by atoms with Crippen molar-refractivity contribution in [3.8, 4) is 5.75 Å². The Morgan fingerprint density at radius 2 is 2.00 bits per heavy atom. The largest absolute Gasteiger partial charge is 0.493 e. The first-order valence-electron chi connectivity index (χ1n) is 8.31. The molecule has 1 aliphatic heterocycles. The van der Waals surface area contributed by atoms with Crippen molar-refractivity contribution in [2.24, 2.45) is 0 Å². The summed E-state index contributed by atoms with van der Waals surface area (Å²) in [5.74, 6) is 2.02. The smallest absolute Gasteiger partial charge is 0.119 e. The summed E-state index contributed by atoms with van der Waals surface area (Å²) in [6.45, 7) is 3.93. The van der Waals surface area contributed by atoms with Crippen LogP contribution >= 0.6 is 11.8 Å². The lowest BCUT2D eigenvalue weighted by Crippen LogP contribution is -2.14. The van der Waals surface area contributed by atoms with Gasteiger partial charge in [-0.1, -0.05) is 25.1 Å². The van der Waals surface area contributed by atoms with E-state index in [1.54, 1.807) is 0 Å². The van der Waals surface area contributed by atoms with Crippen LogP contribution in [0.4, 0.5) is 0 Å². The van der Waals surface area contributed by atoms with Gasteiger partial charge in [-0.3, -0.25) is 4.98 Å². The number of rotatable bonds is 7. The molecule has 0 aliphatic carbocycles. The molecule has 0 saturated carbocycles. The summed E-state index contributed by atoms with van der Waals surface area (Å²) in [5, 5.41) is 4.09. The predicted octanol–water partition coefficient (Wildman–Crippen LogP) is 3.47. The van der Waals surface area contributed by atoms with Gasteiger partial charge < -0.3 is 10.1 Å². The fourth-order valence-corrected chi connectivity index (χ4v) is 3.67. The molecule has 1 aromatic carbocycles.